The molecule has 6 heteroatoms. The van der Waals surface area contributed by atoms with Gasteiger partial charge in [0, 0.05) is 16.5 Å². The molecule has 0 radical (unpaired) electrons. The number of thiazole rings is 1. The zero-order valence-corrected chi connectivity index (χ0v) is 14.5. The molecule has 1 N–H and O–H groups in total. The summed E-state index contributed by atoms with van der Waals surface area (Å²) in [6.45, 7) is 7.11. The predicted molar refractivity (Wildman–Crippen MR) is 89.6 cm³/mol. The lowest BCUT2D eigenvalue weighted by atomic mass is 9.98. The molecule has 0 aliphatic rings. The van der Waals surface area contributed by atoms with Crippen LogP contribution in [0.25, 0.3) is 0 Å². The molecular weight excluding hydrogens is 335 g/mol. The molecule has 0 aliphatic heterocycles. The first-order chi connectivity index (χ1) is 9.27. The van der Waals surface area contributed by atoms with E-state index in [0.29, 0.717) is 21.6 Å². The van der Waals surface area contributed by atoms with Crippen LogP contribution in [-0.4, -0.2) is 4.98 Å². The van der Waals surface area contributed by atoms with E-state index in [4.69, 9.17) is 34.8 Å². The Bertz CT molecular complexity index is 617. The summed E-state index contributed by atoms with van der Waals surface area (Å²) in [7, 11) is 0. The Morgan fingerprint density at radius 3 is 2.35 bits per heavy atom. The summed E-state index contributed by atoms with van der Waals surface area (Å²) in [6, 6.07) is 3.37. The molecule has 0 saturated heterocycles. The topological polar surface area (TPSA) is 24.9 Å². The van der Waals surface area contributed by atoms with Crippen molar-refractivity contribution in [2.24, 2.45) is 0 Å². The average Bonchev–Trinajstić information content (AvgIpc) is 2.80. The van der Waals surface area contributed by atoms with Gasteiger partial charge in [-0.1, -0.05) is 55.6 Å². The first-order valence-electron chi connectivity index (χ1n) is 6.11. The van der Waals surface area contributed by atoms with Gasteiger partial charge >= 0.3 is 0 Å². The summed E-state index contributed by atoms with van der Waals surface area (Å²) in [4.78, 5) is 5.60. The van der Waals surface area contributed by atoms with Crippen LogP contribution in [0.5, 0.6) is 0 Å². The smallest absolute Gasteiger partial charge is 0.0981 e. The van der Waals surface area contributed by atoms with Gasteiger partial charge < -0.3 is 5.32 Å². The fourth-order valence-electron chi connectivity index (χ4n) is 1.58. The monoisotopic (exact) mass is 348 g/mol. The Labute approximate surface area is 138 Å². The summed E-state index contributed by atoms with van der Waals surface area (Å²) in [5.74, 6) is 0. The number of aromatic nitrogens is 1. The van der Waals surface area contributed by atoms with E-state index in [2.05, 4.69) is 31.1 Å². The Morgan fingerprint density at radius 1 is 1.10 bits per heavy atom. The number of anilines is 1. The van der Waals surface area contributed by atoms with Crippen molar-refractivity contribution < 1.29 is 0 Å². The normalized spacial score (nSPS) is 11.7. The van der Waals surface area contributed by atoms with Crippen LogP contribution in [0.2, 0.25) is 15.1 Å². The SMILES string of the molecule is CC(C)(C)c1ncc(CNc2cc(Cl)c(Cl)cc2Cl)s1. The minimum absolute atomic E-state index is 0.0736. The maximum Gasteiger partial charge on any atom is 0.0981 e. The summed E-state index contributed by atoms with van der Waals surface area (Å²) in [5, 5.41) is 5.87. The van der Waals surface area contributed by atoms with Gasteiger partial charge in [0.15, 0.2) is 0 Å². The molecule has 0 fully saturated rings. The van der Waals surface area contributed by atoms with E-state index in [1.807, 2.05) is 6.20 Å². The van der Waals surface area contributed by atoms with E-state index in [0.717, 1.165) is 15.6 Å². The first-order valence-corrected chi connectivity index (χ1v) is 8.06. The minimum atomic E-state index is 0.0736. The van der Waals surface area contributed by atoms with Crippen molar-refractivity contribution in [2.75, 3.05) is 5.32 Å². The second kappa shape index (κ2) is 6.10. The third-order valence-electron chi connectivity index (χ3n) is 2.66. The summed E-state index contributed by atoms with van der Waals surface area (Å²) >= 11 is 19.7. The molecule has 0 unspecified atom stereocenters. The van der Waals surface area contributed by atoms with Crippen molar-refractivity contribution >= 4 is 51.8 Å². The predicted octanol–water partition coefficient (Wildman–Crippen LogP) is 6.01. The van der Waals surface area contributed by atoms with Gasteiger partial charge in [0.2, 0.25) is 0 Å². The number of nitrogens with one attached hydrogen (secondary N) is 1. The number of hydrogen-bond acceptors (Lipinski definition) is 3. The fourth-order valence-corrected chi connectivity index (χ4v) is 3.10. The van der Waals surface area contributed by atoms with Crippen LogP contribution in [0.3, 0.4) is 0 Å². The number of halogens is 3. The molecule has 20 heavy (non-hydrogen) atoms. The molecule has 0 amide bonds. The van der Waals surface area contributed by atoms with Gasteiger partial charge in [0.1, 0.15) is 0 Å². The van der Waals surface area contributed by atoms with Crippen molar-refractivity contribution in [1.82, 2.24) is 4.98 Å². The largest absolute Gasteiger partial charge is 0.379 e. The van der Waals surface area contributed by atoms with Gasteiger partial charge in [0.25, 0.3) is 0 Å². The molecule has 0 spiro atoms. The molecule has 0 atom stereocenters. The Kier molecular flexibility index (Phi) is 4.85. The zero-order valence-electron chi connectivity index (χ0n) is 11.4. The van der Waals surface area contributed by atoms with Gasteiger partial charge in [-0.05, 0) is 12.1 Å². The average molecular weight is 350 g/mol. The molecule has 2 rings (SSSR count). The third kappa shape index (κ3) is 3.79. The van der Waals surface area contributed by atoms with Crippen LogP contribution in [0.4, 0.5) is 5.69 Å². The second-order valence-corrected chi connectivity index (χ2v) is 7.82. The Balaban J connectivity index is 2.09. The summed E-state index contributed by atoms with van der Waals surface area (Å²) in [6.07, 6.45) is 1.89. The molecule has 0 aliphatic carbocycles. The van der Waals surface area contributed by atoms with Gasteiger partial charge in [-0.2, -0.15) is 0 Å². The lowest BCUT2D eigenvalue weighted by Gasteiger charge is -2.13. The molecule has 2 nitrogen and oxygen atoms in total. The number of nitrogens with zero attached hydrogens (tertiary/aromatic N) is 1. The molecule has 0 bridgehead atoms. The van der Waals surface area contributed by atoms with Crippen molar-refractivity contribution in [3.63, 3.8) is 0 Å². The Morgan fingerprint density at radius 2 is 1.75 bits per heavy atom. The lowest BCUT2D eigenvalue weighted by molar-refractivity contribution is 0.585. The second-order valence-electron chi connectivity index (χ2n) is 5.48. The number of hydrogen-bond donors (Lipinski definition) is 1. The highest BCUT2D eigenvalue weighted by molar-refractivity contribution is 7.11. The highest BCUT2D eigenvalue weighted by atomic mass is 35.5. The summed E-state index contributed by atoms with van der Waals surface area (Å²) in [5.41, 5.74) is 0.844. The molecule has 1 aromatic carbocycles. The molecule has 2 aromatic rings. The van der Waals surface area contributed by atoms with Crippen LogP contribution in [0, 0.1) is 0 Å². The fraction of sp³-hybridized carbons (Fsp3) is 0.357. The van der Waals surface area contributed by atoms with Crippen molar-refractivity contribution in [1.29, 1.82) is 0 Å². The third-order valence-corrected chi connectivity index (χ3v) is 5.12. The maximum atomic E-state index is 6.13. The van der Waals surface area contributed by atoms with Crippen LogP contribution in [0.15, 0.2) is 18.3 Å². The molecule has 0 saturated carbocycles. The quantitative estimate of drug-likeness (QED) is 0.686. The zero-order chi connectivity index (χ0) is 14.9. The van der Waals surface area contributed by atoms with E-state index < -0.39 is 0 Å². The first kappa shape index (κ1) is 15.9. The Hall–Kier alpha value is -0.480. The van der Waals surface area contributed by atoms with E-state index in [1.165, 1.54) is 0 Å². The lowest BCUT2D eigenvalue weighted by Crippen LogP contribution is -2.09. The molecule has 1 heterocycles. The number of benzene rings is 1. The van der Waals surface area contributed by atoms with Gasteiger partial charge in [-0.3, -0.25) is 0 Å². The van der Waals surface area contributed by atoms with E-state index >= 15 is 0 Å². The number of rotatable bonds is 3. The minimum Gasteiger partial charge on any atom is -0.379 e. The molecule has 108 valence electrons. The van der Waals surface area contributed by atoms with Crippen molar-refractivity contribution in [3.05, 3.63) is 43.3 Å². The highest BCUT2D eigenvalue weighted by Gasteiger charge is 2.18. The van der Waals surface area contributed by atoms with E-state index in [9.17, 15) is 0 Å². The molecular formula is C14H15Cl3N2S. The van der Waals surface area contributed by atoms with Crippen LogP contribution in [0.1, 0.15) is 30.7 Å². The van der Waals surface area contributed by atoms with E-state index in [1.54, 1.807) is 23.5 Å². The van der Waals surface area contributed by atoms with E-state index in [-0.39, 0.29) is 5.41 Å². The van der Waals surface area contributed by atoms with Gasteiger partial charge in [-0.15, -0.1) is 11.3 Å². The van der Waals surface area contributed by atoms with Gasteiger partial charge in [-0.25, -0.2) is 4.98 Å². The van der Waals surface area contributed by atoms with Crippen LogP contribution >= 0.6 is 46.1 Å². The standard InChI is InChI=1S/C14H15Cl3N2S/c1-14(2,3)13-19-7-8(20-13)6-18-12-5-10(16)9(15)4-11(12)17/h4-5,7,18H,6H2,1-3H3. The van der Waals surface area contributed by atoms with Crippen LogP contribution in [-0.2, 0) is 12.0 Å². The molecule has 1 aromatic heterocycles. The maximum absolute atomic E-state index is 6.13. The highest BCUT2D eigenvalue weighted by Crippen LogP contribution is 2.33. The van der Waals surface area contributed by atoms with Gasteiger partial charge in [0.05, 0.1) is 32.3 Å². The van der Waals surface area contributed by atoms with Crippen molar-refractivity contribution in [2.45, 2.75) is 32.7 Å². The van der Waals surface area contributed by atoms with Crippen LogP contribution < -0.4 is 5.32 Å². The van der Waals surface area contributed by atoms with Crippen molar-refractivity contribution in [3.8, 4) is 0 Å². The summed E-state index contributed by atoms with van der Waals surface area (Å²) < 4.78 is 0.